The average molecular weight is 370 g/mol. The molecule has 0 aromatic heterocycles. The van der Waals surface area contributed by atoms with Gasteiger partial charge in [-0.2, -0.15) is 0 Å². The van der Waals surface area contributed by atoms with E-state index in [9.17, 15) is 14.4 Å². The lowest BCUT2D eigenvalue weighted by Crippen LogP contribution is -2.47. The standard InChI is InChI=1S/C16H17Cl2N3O3/c17-10-1-2-12(11(18)7-10)21-14(22)8-13(16(21)24)20-5-3-9(4-6-20)15(19)23/h1-2,7,9,13H,3-6,8H2,(H2,19,23)/t13-/m0/s1. The second kappa shape index (κ2) is 6.70. The summed E-state index contributed by atoms with van der Waals surface area (Å²) in [5.41, 5.74) is 5.68. The number of benzene rings is 1. The minimum absolute atomic E-state index is 0.110. The Morgan fingerprint density at radius 1 is 1.17 bits per heavy atom. The van der Waals surface area contributed by atoms with Crippen LogP contribution in [0.25, 0.3) is 0 Å². The van der Waals surface area contributed by atoms with Gasteiger partial charge in [-0.15, -0.1) is 0 Å². The number of carbonyl (C=O) groups excluding carboxylic acids is 3. The number of amides is 3. The fourth-order valence-corrected chi connectivity index (χ4v) is 3.81. The van der Waals surface area contributed by atoms with E-state index in [1.54, 1.807) is 12.1 Å². The summed E-state index contributed by atoms with van der Waals surface area (Å²) in [5, 5.41) is 0.699. The molecule has 0 saturated carbocycles. The van der Waals surface area contributed by atoms with E-state index in [1.165, 1.54) is 6.07 Å². The lowest BCUT2D eigenvalue weighted by molar-refractivity contribution is -0.124. The molecule has 1 aromatic rings. The van der Waals surface area contributed by atoms with Gasteiger partial charge < -0.3 is 5.73 Å². The highest BCUT2D eigenvalue weighted by molar-refractivity contribution is 6.38. The maximum atomic E-state index is 12.7. The number of hydrogen-bond donors (Lipinski definition) is 1. The van der Waals surface area contributed by atoms with Crippen molar-refractivity contribution in [3.8, 4) is 0 Å². The maximum absolute atomic E-state index is 12.7. The lowest BCUT2D eigenvalue weighted by atomic mass is 9.95. The van der Waals surface area contributed by atoms with Gasteiger partial charge in [-0.3, -0.25) is 19.3 Å². The van der Waals surface area contributed by atoms with Crippen molar-refractivity contribution in [2.45, 2.75) is 25.3 Å². The minimum Gasteiger partial charge on any atom is -0.369 e. The van der Waals surface area contributed by atoms with Crippen molar-refractivity contribution in [2.75, 3.05) is 18.0 Å². The molecule has 8 heteroatoms. The summed E-state index contributed by atoms with van der Waals surface area (Å²) in [4.78, 5) is 39.4. The van der Waals surface area contributed by atoms with E-state index in [1.807, 2.05) is 4.90 Å². The first-order valence-electron chi connectivity index (χ1n) is 7.73. The van der Waals surface area contributed by atoms with Crippen LogP contribution in [0.15, 0.2) is 18.2 Å². The zero-order valence-electron chi connectivity index (χ0n) is 12.9. The molecule has 2 N–H and O–H groups in total. The number of nitrogens with zero attached hydrogens (tertiary/aromatic N) is 2. The molecular formula is C16H17Cl2N3O3. The molecule has 2 saturated heterocycles. The summed E-state index contributed by atoms with van der Waals surface area (Å²) in [5.74, 6) is -1.04. The number of likely N-dealkylation sites (tertiary alicyclic amines) is 1. The van der Waals surface area contributed by atoms with Crippen LogP contribution in [-0.4, -0.2) is 41.8 Å². The number of rotatable bonds is 3. The molecular weight excluding hydrogens is 353 g/mol. The number of carbonyl (C=O) groups is 3. The predicted molar refractivity (Wildman–Crippen MR) is 90.9 cm³/mol. The molecule has 6 nitrogen and oxygen atoms in total. The quantitative estimate of drug-likeness (QED) is 0.823. The van der Waals surface area contributed by atoms with Gasteiger partial charge in [0.2, 0.25) is 11.8 Å². The van der Waals surface area contributed by atoms with Gasteiger partial charge in [0.25, 0.3) is 5.91 Å². The zero-order valence-corrected chi connectivity index (χ0v) is 14.4. The van der Waals surface area contributed by atoms with Crippen molar-refractivity contribution in [1.29, 1.82) is 0 Å². The van der Waals surface area contributed by atoms with Crippen LogP contribution in [-0.2, 0) is 14.4 Å². The number of imide groups is 1. The highest BCUT2D eigenvalue weighted by Crippen LogP contribution is 2.34. The highest BCUT2D eigenvalue weighted by atomic mass is 35.5. The summed E-state index contributed by atoms with van der Waals surface area (Å²) in [6.45, 7) is 1.14. The summed E-state index contributed by atoms with van der Waals surface area (Å²) < 4.78 is 0. The third kappa shape index (κ3) is 3.14. The Labute approximate surface area is 149 Å². The smallest absolute Gasteiger partial charge is 0.251 e. The van der Waals surface area contributed by atoms with Gasteiger partial charge in [0.05, 0.1) is 23.2 Å². The van der Waals surface area contributed by atoms with Crippen molar-refractivity contribution in [3.05, 3.63) is 28.2 Å². The van der Waals surface area contributed by atoms with Crippen LogP contribution < -0.4 is 10.6 Å². The van der Waals surface area contributed by atoms with Crippen LogP contribution in [0.4, 0.5) is 5.69 Å². The molecule has 0 bridgehead atoms. The van der Waals surface area contributed by atoms with Crippen molar-refractivity contribution in [2.24, 2.45) is 11.7 Å². The Morgan fingerprint density at radius 2 is 1.83 bits per heavy atom. The van der Waals surface area contributed by atoms with Crippen molar-refractivity contribution >= 4 is 46.6 Å². The zero-order chi connectivity index (χ0) is 17.4. The monoisotopic (exact) mass is 369 g/mol. The number of nitrogens with two attached hydrogens (primary N) is 1. The van der Waals surface area contributed by atoms with Crippen LogP contribution in [0, 0.1) is 5.92 Å². The van der Waals surface area contributed by atoms with Gasteiger partial charge in [0, 0.05) is 10.9 Å². The molecule has 1 atom stereocenters. The molecule has 3 amide bonds. The van der Waals surface area contributed by atoms with Crippen LogP contribution in [0.5, 0.6) is 0 Å². The minimum atomic E-state index is -0.516. The summed E-state index contributed by atoms with van der Waals surface area (Å²) >= 11 is 12.0. The fourth-order valence-electron chi connectivity index (χ4n) is 3.31. The van der Waals surface area contributed by atoms with Crippen LogP contribution in [0.2, 0.25) is 10.0 Å². The van der Waals surface area contributed by atoms with Crippen molar-refractivity contribution in [1.82, 2.24) is 4.90 Å². The molecule has 2 heterocycles. The normalized spacial score (nSPS) is 23.1. The summed E-state index contributed by atoms with van der Waals surface area (Å²) in [7, 11) is 0. The molecule has 2 aliphatic rings. The Morgan fingerprint density at radius 3 is 2.42 bits per heavy atom. The van der Waals surface area contributed by atoms with E-state index in [-0.39, 0.29) is 35.1 Å². The molecule has 0 radical (unpaired) electrons. The largest absolute Gasteiger partial charge is 0.369 e. The Bertz CT molecular complexity index is 702. The number of hydrogen-bond acceptors (Lipinski definition) is 4. The fraction of sp³-hybridized carbons (Fsp3) is 0.438. The van der Waals surface area contributed by atoms with E-state index in [4.69, 9.17) is 28.9 Å². The molecule has 2 fully saturated rings. The van der Waals surface area contributed by atoms with Gasteiger partial charge in [-0.1, -0.05) is 23.2 Å². The van der Waals surface area contributed by atoms with E-state index in [0.29, 0.717) is 36.6 Å². The number of halogens is 2. The predicted octanol–water partition coefficient (Wildman–Crippen LogP) is 1.82. The SMILES string of the molecule is NC(=O)C1CCN([C@H]2CC(=O)N(c3ccc(Cl)cc3Cl)C2=O)CC1. The molecule has 0 unspecified atom stereocenters. The van der Waals surface area contributed by atoms with Gasteiger partial charge >= 0.3 is 0 Å². The van der Waals surface area contributed by atoms with Gasteiger partial charge in [-0.05, 0) is 44.1 Å². The molecule has 1 aromatic carbocycles. The second-order valence-corrected chi connectivity index (χ2v) is 6.94. The topological polar surface area (TPSA) is 83.7 Å². The second-order valence-electron chi connectivity index (χ2n) is 6.10. The van der Waals surface area contributed by atoms with E-state index in [0.717, 1.165) is 4.90 Å². The Hall–Kier alpha value is -1.63. The Balaban J connectivity index is 1.76. The van der Waals surface area contributed by atoms with E-state index in [2.05, 4.69) is 0 Å². The Kier molecular flexibility index (Phi) is 4.80. The first-order chi connectivity index (χ1) is 11.4. The molecule has 0 aliphatic carbocycles. The molecule has 128 valence electrons. The first kappa shape index (κ1) is 17.2. The first-order valence-corrected chi connectivity index (χ1v) is 8.49. The van der Waals surface area contributed by atoms with Crippen molar-refractivity contribution < 1.29 is 14.4 Å². The van der Waals surface area contributed by atoms with E-state index < -0.39 is 6.04 Å². The van der Waals surface area contributed by atoms with E-state index >= 15 is 0 Å². The van der Waals surface area contributed by atoms with Crippen LogP contribution >= 0.6 is 23.2 Å². The van der Waals surface area contributed by atoms with Gasteiger partial charge in [0.1, 0.15) is 0 Å². The van der Waals surface area contributed by atoms with Crippen LogP contribution in [0.1, 0.15) is 19.3 Å². The van der Waals surface area contributed by atoms with Crippen LogP contribution in [0.3, 0.4) is 0 Å². The average Bonchev–Trinajstić information content (AvgIpc) is 2.83. The lowest BCUT2D eigenvalue weighted by Gasteiger charge is -2.33. The third-order valence-corrected chi connectivity index (χ3v) is 5.18. The van der Waals surface area contributed by atoms with Gasteiger partial charge in [0.15, 0.2) is 0 Å². The van der Waals surface area contributed by atoms with Crippen molar-refractivity contribution in [3.63, 3.8) is 0 Å². The molecule has 24 heavy (non-hydrogen) atoms. The highest BCUT2D eigenvalue weighted by Gasteiger charge is 2.44. The number of primary amides is 1. The van der Waals surface area contributed by atoms with Gasteiger partial charge in [-0.25, -0.2) is 4.90 Å². The summed E-state index contributed by atoms with van der Waals surface area (Å²) in [6.07, 6.45) is 1.32. The molecule has 3 rings (SSSR count). The maximum Gasteiger partial charge on any atom is 0.251 e. The number of piperidine rings is 1. The molecule has 0 spiro atoms. The number of anilines is 1. The molecule has 2 aliphatic heterocycles. The summed E-state index contributed by atoms with van der Waals surface area (Å²) in [6, 6.07) is 4.15. The third-order valence-electron chi connectivity index (χ3n) is 4.65.